The van der Waals surface area contributed by atoms with Gasteiger partial charge in [0.1, 0.15) is 11.6 Å². The molecule has 27 heavy (non-hydrogen) atoms. The van der Waals surface area contributed by atoms with Crippen LogP contribution in [0, 0.1) is 6.92 Å². The highest BCUT2D eigenvalue weighted by molar-refractivity contribution is 5.72. The Kier molecular flexibility index (Phi) is 6.86. The van der Waals surface area contributed by atoms with Gasteiger partial charge in [-0.3, -0.25) is 4.98 Å². The van der Waals surface area contributed by atoms with Gasteiger partial charge < -0.3 is 9.80 Å². The maximum absolute atomic E-state index is 5.08. The lowest BCUT2D eigenvalue weighted by Gasteiger charge is -2.30. The molecule has 0 spiro atoms. The van der Waals surface area contributed by atoms with Crippen molar-refractivity contribution >= 4 is 11.6 Å². The Balaban J connectivity index is 2.04. The molecule has 4 nitrogen and oxygen atoms in total. The van der Waals surface area contributed by atoms with Crippen molar-refractivity contribution in [2.75, 3.05) is 36.0 Å². The lowest BCUT2D eigenvalue weighted by molar-refractivity contribution is 0.573. The summed E-state index contributed by atoms with van der Waals surface area (Å²) in [6.45, 7) is 12.4. The Morgan fingerprint density at radius 1 is 1.19 bits per heavy atom. The van der Waals surface area contributed by atoms with Crippen LogP contribution in [0.2, 0.25) is 0 Å². The summed E-state index contributed by atoms with van der Waals surface area (Å²) in [4.78, 5) is 14.4. The molecule has 0 atom stereocenters. The van der Waals surface area contributed by atoms with Gasteiger partial charge in [-0.05, 0) is 62.8 Å². The van der Waals surface area contributed by atoms with Gasteiger partial charge in [0.05, 0.1) is 0 Å². The van der Waals surface area contributed by atoms with E-state index in [2.05, 4.69) is 53.4 Å². The van der Waals surface area contributed by atoms with Crippen LogP contribution in [-0.2, 0) is 0 Å². The molecule has 144 valence electrons. The SMILES string of the molecule is C=CCCN(CCC)c1cc(-c2cccnc2C)cc(N2CCCCC2)n1. The van der Waals surface area contributed by atoms with Gasteiger partial charge in [-0.2, -0.15) is 0 Å². The third kappa shape index (κ3) is 4.88. The molecule has 1 fully saturated rings. The molecule has 0 radical (unpaired) electrons. The Morgan fingerprint density at radius 2 is 2.00 bits per heavy atom. The molecule has 2 aromatic heterocycles. The van der Waals surface area contributed by atoms with Gasteiger partial charge in [0, 0.05) is 43.6 Å². The first-order valence-corrected chi connectivity index (χ1v) is 10.3. The number of pyridine rings is 2. The monoisotopic (exact) mass is 364 g/mol. The quantitative estimate of drug-likeness (QED) is 0.600. The number of nitrogens with zero attached hydrogens (tertiary/aromatic N) is 4. The largest absolute Gasteiger partial charge is 0.357 e. The molecule has 3 heterocycles. The van der Waals surface area contributed by atoms with Crippen LogP contribution < -0.4 is 9.80 Å². The molecule has 2 aromatic rings. The van der Waals surface area contributed by atoms with E-state index in [0.717, 1.165) is 56.4 Å². The van der Waals surface area contributed by atoms with E-state index in [9.17, 15) is 0 Å². The fraction of sp³-hybridized carbons (Fsp3) is 0.478. The number of aromatic nitrogens is 2. The molecule has 0 aromatic carbocycles. The van der Waals surface area contributed by atoms with E-state index in [0.29, 0.717) is 0 Å². The minimum Gasteiger partial charge on any atom is -0.357 e. The topological polar surface area (TPSA) is 32.3 Å². The summed E-state index contributed by atoms with van der Waals surface area (Å²) in [5, 5.41) is 0. The van der Waals surface area contributed by atoms with Crippen LogP contribution in [0.5, 0.6) is 0 Å². The number of hydrogen-bond acceptors (Lipinski definition) is 4. The Bertz CT molecular complexity index is 750. The fourth-order valence-corrected chi connectivity index (χ4v) is 3.75. The summed E-state index contributed by atoms with van der Waals surface area (Å²) >= 11 is 0. The Hall–Kier alpha value is -2.36. The molecule has 1 aliphatic heterocycles. The van der Waals surface area contributed by atoms with Crippen LogP contribution in [0.25, 0.3) is 11.1 Å². The van der Waals surface area contributed by atoms with Crippen molar-refractivity contribution < 1.29 is 0 Å². The maximum Gasteiger partial charge on any atom is 0.131 e. The van der Waals surface area contributed by atoms with Crippen molar-refractivity contribution in [2.24, 2.45) is 0 Å². The Morgan fingerprint density at radius 3 is 2.70 bits per heavy atom. The summed E-state index contributed by atoms with van der Waals surface area (Å²) in [5.41, 5.74) is 3.47. The third-order valence-corrected chi connectivity index (χ3v) is 5.22. The normalized spacial score (nSPS) is 14.2. The zero-order chi connectivity index (χ0) is 19.1. The number of anilines is 2. The van der Waals surface area contributed by atoms with Gasteiger partial charge >= 0.3 is 0 Å². The van der Waals surface area contributed by atoms with Crippen LogP contribution in [0.15, 0.2) is 43.1 Å². The van der Waals surface area contributed by atoms with Gasteiger partial charge in [0.15, 0.2) is 0 Å². The molecule has 0 bridgehead atoms. The summed E-state index contributed by atoms with van der Waals surface area (Å²) < 4.78 is 0. The van der Waals surface area contributed by atoms with Crippen LogP contribution in [0.3, 0.4) is 0 Å². The zero-order valence-electron chi connectivity index (χ0n) is 16.8. The van der Waals surface area contributed by atoms with Crippen LogP contribution in [0.4, 0.5) is 11.6 Å². The maximum atomic E-state index is 5.08. The molecular formula is C23H32N4. The van der Waals surface area contributed by atoms with Crippen LogP contribution in [0.1, 0.15) is 44.7 Å². The van der Waals surface area contributed by atoms with Gasteiger partial charge in [-0.1, -0.05) is 19.1 Å². The molecular weight excluding hydrogens is 332 g/mol. The van der Waals surface area contributed by atoms with E-state index >= 15 is 0 Å². The molecule has 0 amide bonds. The zero-order valence-corrected chi connectivity index (χ0v) is 16.8. The van der Waals surface area contributed by atoms with Gasteiger partial charge in [0.25, 0.3) is 0 Å². The lowest BCUT2D eigenvalue weighted by atomic mass is 10.0. The molecule has 3 rings (SSSR count). The number of aryl methyl sites for hydroxylation is 1. The van der Waals surface area contributed by atoms with E-state index in [1.54, 1.807) is 0 Å². The van der Waals surface area contributed by atoms with E-state index < -0.39 is 0 Å². The van der Waals surface area contributed by atoms with E-state index in [-0.39, 0.29) is 0 Å². The first-order chi connectivity index (χ1) is 13.2. The molecule has 1 aliphatic rings. The average Bonchev–Trinajstić information content (AvgIpc) is 2.72. The summed E-state index contributed by atoms with van der Waals surface area (Å²) in [6.07, 6.45) is 9.75. The Labute approximate surface area is 163 Å². The minimum absolute atomic E-state index is 0.958. The van der Waals surface area contributed by atoms with E-state index in [1.807, 2.05) is 18.3 Å². The number of hydrogen-bond donors (Lipinski definition) is 0. The summed E-state index contributed by atoms with van der Waals surface area (Å²) in [5.74, 6) is 2.17. The second kappa shape index (κ2) is 9.54. The predicted octanol–water partition coefficient (Wildman–Crippen LogP) is 5.23. The van der Waals surface area contributed by atoms with Gasteiger partial charge in [-0.15, -0.1) is 6.58 Å². The first-order valence-electron chi connectivity index (χ1n) is 10.3. The van der Waals surface area contributed by atoms with Crippen LogP contribution in [-0.4, -0.2) is 36.1 Å². The minimum atomic E-state index is 0.958. The van der Waals surface area contributed by atoms with Crippen molar-refractivity contribution in [2.45, 2.75) is 46.0 Å². The first kappa shape index (κ1) is 19.4. The molecule has 0 aliphatic carbocycles. The van der Waals surface area contributed by atoms with E-state index in [1.165, 1.54) is 30.4 Å². The summed E-state index contributed by atoms with van der Waals surface area (Å²) in [7, 11) is 0. The second-order valence-corrected chi connectivity index (χ2v) is 7.32. The molecule has 0 N–H and O–H groups in total. The number of piperidine rings is 1. The number of rotatable bonds is 8. The highest BCUT2D eigenvalue weighted by atomic mass is 15.2. The predicted molar refractivity (Wildman–Crippen MR) is 116 cm³/mol. The van der Waals surface area contributed by atoms with Crippen molar-refractivity contribution in [1.29, 1.82) is 0 Å². The van der Waals surface area contributed by atoms with Crippen LogP contribution >= 0.6 is 0 Å². The molecule has 0 unspecified atom stereocenters. The highest BCUT2D eigenvalue weighted by Gasteiger charge is 2.17. The van der Waals surface area contributed by atoms with Gasteiger partial charge in [0.2, 0.25) is 0 Å². The second-order valence-electron chi connectivity index (χ2n) is 7.32. The third-order valence-electron chi connectivity index (χ3n) is 5.22. The summed E-state index contributed by atoms with van der Waals surface area (Å²) in [6, 6.07) is 8.66. The molecule has 1 saturated heterocycles. The molecule has 4 heteroatoms. The fourth-order valence-electron chi connectivity index (χ4n) is 3.75. The van der Waals surface area contributed by atoms with Crippen molar-refractivity contribution in [3.63, 3.8) is 0 Å². The lowest BCUT2D eigenvalue weighted by Crippen LogP contribution is -2.31. The standard InChI is InChI=1S/C23H32N4/c1-4-6-14-26(13-5-2)22-17-20(21-11-10-12-24-19(21)3)18-23(25-22)27-15-8-7-9-16-27/h4,10-12,17-18H,1,5-9,13-16H2,2-3H3. The highest BCUT2D eigenvalue weighted by Crippen LogP contribution is 2.31. The van der Waals surface area contributed by atoms with Crippen molar-refractivity contribution in [3.8, 4) is 11.1 Å². The average molecular weight is 365 g/mol. The molecule has 0 saturated carbocycles. The van der Waals surface area contributed by atoms with Gasteiger partial charge in [-0.25, -0.2) is 4.98 Å². The van der Waals surface area contributed by atoms with Crippen molar-refractivity contribution in [1.82, 2.24) is 9.97 Å². The van der Waals surface area contributed by atoms with E-state index in [4.69, 9.17) is 4.98 Å². The van der Waals surface area contributed by atoms with Crippen molar-refractivity contribution in [3.05, 3.63) is 48.8 Å². The smallest absolute Gasteiger partial charge is 0.131 e.